The SMILES string of the molecule is COc1ccc(COC(=O)c2cc(C)n[nH]2)cc1. The molecule has 2 aromatic rings. The fourth-order valence-corrected chi connectivity index (χ4v) is 1.47. The minimum Gasteiger partial charge on any atom is -0.497 e. The number of aromatic amines is 1. The van der Waals surface area contributed by atoms with Crippen molar-refractivity contribution in [2.45, 2.75) is 13.5 Å². The summed E-state index contributed by atoms with van der Waals surface area (Å²) in [5.41, 5.74) is 2.02. The number of esters is 1. The Kier molecular flexibility index (Phi) is 3.62. The van der Waals surface area contributed by atoms with Crippen LogP contribution in [0.5, 0.6) is 5.75 Å². The van der Waals surface area contributed by atoms with Gasteiger partial charge in [0, 0.05) is 0 Å². The van der Waals surface area contributed by atoms with Crippen LogP contribution in [0.25, 0.3) is 0 Å². The fourth-order valence-electron chi connectivity index (χ4n) is 1.47. The number of hydrogen-bond donors (Lipinski definition) is 1. The topological polar surface area (TPSA) is 64.2 Å². The molecule has 1 aromatic heterocycles. The zero-order chi connectivity index (χ0) is 13.0. The molecular weight excluding hydrogens is 232 g/mol. The molecule has 5 heteroatoms. The number of benzene rings is 1. The van der Waals surface area contributed by atoms with Crippen molar-refractivity contribution in [2.75, 3.05) is 7.11 Å². The Bertz CT molecular complexity index is 531. The number of ether oxygens (including phenoxy) is 2. The lowest BCUT2D eigenvalue weighted by Crippen LogP contribution is -2.05. The quantitative estimate of drug-likeness (QED) is 0.839. The summed E-state index contributed by atoms with van der Waals surface area (Å²) in [6, 6.07) is 9.00. The highest BCUT2D eigenvalue weighted by Gasteiger charge is 2.09. The number of nitrogens with zero attached hydrogens (tertiary/aromatic N) is 1. The summed E-state index contributed by atoms with van der Waals surface area (Å²) in [5.74, 6) is 0.362. The molecule has 0 atom stereocenters. The first-order chi connectivity index (χ1) is 8.69. The molecule has 0 amide bonds. The first kappa shape index (κ1) is 12.2. The van der Waals surface area contributed by atoms with Gasteiger partial charge < -0.3 is 9.47 Å². The molecular formula is C13H14N2O3. The summed E-state index contributed by atoms with van der Waals surface area (Å²) >= 11 is 0. The number of nitrogens with one attached hydrogen (secondary N) is 1. The summed E-state index contributed by atoms with van der Waals surface area (Å²) in [7, 11) is 1.61. The van der Waals surface area contributed by atoms with E-state index in [0.29, 0.717) is 5.69 Å². The molecule has 0 bridgehead atoms. The number of aromatic nitrogens is 2. The van der Waals surface area contributed by atoms with E-state index in [0.717, 1.165) is 17.0 Å². The molecule has 0 saturated carbocycles. The third-order valence-corrected chi connectivity index (χ3v) is 2.45. The van der Waals surface area contributed by atoms with Gasteiger partial charge in [-0.3, -0.25) is 5.10 Å². The van der Waals surface area contributed by atoms with E-state index in [4.69, 9.17) is 9.47 Å². The highest BCUT2D eigenvalue weighted by Crippen LogP contribution is 2.12. The second kappa shape index (κ2) is 5.35. The summed E-state index contributed by atoms with van der Waals surface area (Å²) in [6.07, 6.45) is 0. The Morgan fingerprint density at radius 1 is 1.33 bits per heavy atom. The van der Waals surface area contributed by atoms with Crippen LogP contribution in [0.15, 0.2) is 30.3 Å². The van der Waals surface area contributed by atoms with Gasteiger partial charge in [0.15, 0.2) is 0 Å². The number of aryl methyl sites for hydroxylation is 1. The van der Waals surface area contributed by atoms with E-state index >= 15 is 0 Å². The zero-order valence-corrected chi connectivity index (χ0v) is 10.3. The Morgan fingerprint density at radius 2 is 2.06 bits per heavy atom. The third-order valence-electron chi connectivity index (χ3n) is 2.45. The monoisotopic (exact) mass is 246 g/mol. The van der Waals surface area contributed by atoms with Crippen LogP contribution in [-0.4, -0.2) is 23.3 Å². The van der Waals surface area contributed by atoms with Crippen LogP contribution < -0.4 is 4.74 Å². The van der Waals surface area contributed by atoms with E-state index in [2.05, 4.69) is 10.2 Å². The van der Waals surface area contributed by atoms with Crippen molar-refractivity contribution in [3.05, 3.63) is 47.3 Å². The number of methoxy groups -OCH3 is 1. The van der Waals surface area contributed by atoms with E-state index in [1.807, 2.05) is 24.3 Å². The zero-order valence-electron chi connectivity index (χ0n) is 10.3. The average Bonchev–Trinajstić information content (AvgIpc) is 2.83. The molecule has 0 radical (unpaired) electrons. The van der Waals surface area contributed by atoms with Gasteiger partial charge in [-0.1, -0.05) is 12.1 Å². The van der Waals surface area contributed by atoms with E-state index in [1.54, 1.807) is 20.1 Å². The van der Waals surface area contributed by atoms with Gasteiger partial charge in [0.05, 0.1) is 12.8 Å². The van der Waals surface area contributed by atoms with Crippen molar-refractivity contribution in [2.24, 2.45) is 0 Å². The summed E-state index contributed by atoms with van der Waals surface area (Å²) in [6.45, 7) is 2.03. The Balaban J connectivity index is 1.92. The maximum absolute atomic E-state index is 11.6. The second-order valence-electron chi connectivity index (χ2n) is 3.85. The maximum atomic E-state index is 11.6. The smallest absolute Gasteiger partial charge is 0.356 e. The summed E-state index contributed by atoms with van der Waals surface area (Å²) < 4.78 is 10.2. The first-order valence-electron chi connectivity index (χ1n) is 5.51. The molecule has 0 spiro atoms. The molecule has 2 rings (SSSR count). The molecule has 94 valence electrons. The number of H-pyrrole nitrogens is 1. The average molecular weight is 246 g/mol. The second-order valence-corrected chi connectivity index (χ2v) is 3.85. The minimum absolute atomic E-state index is 0.223. The van der Waals surface area contributed by atoms with Crippen LogP contribution >= 0.6 is 0 Å². The van der Waals surface area contributed by atoms with Gasteiger partial charge in [-0.05, 0) is 30.7 Å². The van der Waals surface area contributed by atoms with E-state index in [1.165, 1.54) is 0 Å². The highest BCUT2D eigenvalue weighted by molar-refractivity contribution is 5.87. The van der Waals surface area contributed by atoms with Crippen molar-refractivity contribution < 1.29 is 14.3 Å². The van der Waals surface area contributed by atoms with Crippen molar-refractivity contribution in [3.63, 3.8) is 0 Å². The fraction of sp³-hybridized carbons (Fsp3) is 0.231. The minimum atomic E-state index is -0.411. The predicted molar refractivity (Wildman–Crippen MR) is 65.4 cm³/mol. The maximum Gasteiger partial charge on any atom is 0.356 e. The number of carbonyl (C=O) groups is 1. The van der Waals surface area contributed by atoms with Gasteiger partial charge in [0.1, 0.15) is 18.1 Å². The molecule has 0 aliphatic carbocycles. The van der Waals surface area contributed by atoms with E-state index in [-0.39, 0.29) is 6.61 Å². The van der Waals surface area contributed by atoms with Crippen molar-refractivity contribution in [1.82, 2.24) is 10.2 Å². The normalized spacial score (nSPS) is 10.1. The van der Waals surface area contributed by atoms with Gasteiger partial charge in [-0.2, -0.15) is 5.10 Å². The lowest BCUT2D eigenvalue weighted by molar-refractivity contribution is 0.0465. The standard InChI is InChI=1S/C13H14N2O3/c1-9-7-12(15-14-9)13(16)18-8-10-3-5-11(17-2)6-4-10/h3-7H,8H2,1-2H3,(H,14,15). The molecule has 0 unspecified atom stereocenters. The van der Waals surface area contributed by atoms with Crippen LogP contribution in [0.2, 0.25) is 0 Å². The molecule has 0 saturated heterocycles. The summed E-state index contributed by atoms with van der Waals surface area (Å²) in [4.78, 5) is 11.6. The van der Waals surface area contributed by atoms with Gasteiger partial charge >= 0.3 is 5.97 Å². The van der Waals surface area contributed by atoms with Gasteiger partial charge in [-0.25, -0.2) is 4.79 Å². The van der Waals surface area contributed by atoms with Crippen LogP contribution in [-0.2, 0) is 11.3 Å². The van der Waals surface area contributed by atoms with Crippen molar-refractivity contribution in [1.29, 1.82) is 0 Å². The first-order valence-corrected chi connectivity index (χ1v) is 5.51. The van der Waals surface area contributed by atoms with Crippen LogP contribution in [0, 0.1) is 6.92 Å². The predicted octanol–water partition coefficient (Wildman–Crippen LogP) is 2.08. The lowest BCUT2D eigenvalue weighted by atomic mass is 10.2. The van der Waals surface area contributed by atoms with Crippen molar-refractivity contribution >= 4 is 5.97 Å². The number of hydrogen-bond acceptors (Lipinski definition) is 4. The molecule has 0 aliphatic heterocycles. The molecule has 1 heterocycles. The van der Waals surface area contributed by atoms with Gasteiger partial charge in [0.25, 0.3) is 0 Å². The Hall–Kier alpha value is -2.30. The number of rotatable bonds is 4. The number of carbonyl (C=O) groups excluding carboxylic acids is 1. The molecule has 0 aliphatic rings. The van der Waals surface area contributed by atoms with E-state index in [9.17, 15) is 4.79 Å². The van der Waals surface area contributed by atoms with Crippen molar-refractivity contribution in [3.8, 4) is 5.75 Å². The summed E-state index contributed by atoms with van der Waals surface area (Å²) in [5, 5.41) is 6.49. The Morgan fingerprint density at radius 3 is 2.61 bits per heavy atom. The lowest BCUT2D eigenvalue weighted by Gasteiger charge is -2.04. The molecule has 0 fully saturated rings. The molecule has 5 nitrogen and oxygen atoms in total. The van der Waals surface area contributed by atoms with Crippen LogP contribution in [0.1, 0.15) is 21.7 Å². The molecule has 1 aromatic carbocycles. The van der Waals surface area contributed by atoms with Crippen LogP contribution in [0.4, 0.5) is 0 Å². The largest absolute Gasteiger partial charge is 0.497 e. The molecule has 1 N–H and O–H groups in total. The Labute approximate surface area is 105 Å². The van der Waals surface area contributed by atoms with Crippen LogP contribution in [0.3, 0.4) is 0 Å². The third kappa shape index (κ3) is 2.88. The highest BCUT2D eigenvalue weighted by atomic mass is 16.5. The van der Waals surface area contributed by atoms with E-state index < -0.39 is 5.97 Å². The molecule has 18 heavy (non-hydrogen) atoms. The van der Waals surface area contributed by atoms with Gasteiger partial charge in [-0.15, -0.1) is 0 Å². The van der Waals surface area contributed by atoms with Gasteiger partial charge in [0.2, 0.25) is 0 Å².